The van der Waals surface area contributed by atoms with Gasteiger partial charge in [0.05, 0.1) is 12.1 Å². The molecule has 6 nitrogen and oxygen atoms in total. The molecule has 4 rings (SSSR count). The quantitative estimate of drug-likeness (QED) is 0.891. The van der Waals surface area contributed by atoms with E-state index < -0.39 is 0 Å². The van der Waals surface area contributed by atoms with Crippen molar-refractivity contribution in [1.82, 2.24) is 9.88 Å². The third kappa shape index (κ3) is 3.41. The van der Waals surface area contributed by atoms with Crippen LogP contribution in [0.2, 0.25) is 0 Å². The van der Waals surface area contributed by atoms with Crippen molar-refractivity contribution in [1.29, 1.82) is 0 Å². The lowest BCUT2D eigenvalue weighted by molar-refractivity contribution is -0.132. The standard InChI is InChI=1S/C19H23N3O3S/c1-12-9-22(5-4-14(12)8-20)18(23)7-15-10-26-19(21-15)13-2-3-16-17(6-13)25-11-24-16/h2-3,6,10,12,14H,4-5,7-9,11,20H2,1H3. The molecule has 3 heterocycles. The van der Waals surface area contributed by atoms with Gasteiger partial charge in [-0.3, -0.25) is 4.79 Å². The van der Waals surface area contributed by atoms with Gasteiger partial charge in [0.2, 0.25) is 12.7 Å². The molecule has 0 spiro atoms. The fraction of sp³-hybridized carbons (Fsp3) is 0.474. The number of thiazole rings is 1. The van der Waals surface area contributed by atoms with E-state index >= 15 is 0 Å². The van der Waals surface area contributed by atoms with Crippen LogP contribution in [-0.4, -0.2) is 42.2 Å². The Balaban J connectivity index is 1.41. The Morgan fingerprint density at radius 2 is 2.23 bits per heavy atom. The number of hydrogen-bond donors (Lipinski definition) is 1. The zero-order chi connectivity index (χ0) is 18.1. The Morgan fingerprint density at radius 3 is 3.04 bits per heavy atom. The molecule has 1 amide bonds. The van der Waals surface area contributed by atoms with E-state index in [4.69, 9.17) is 15.2 Å². The fourth-order valence-corrected chi connectivity index (χ4v) is 4.40. The Morgan fingerprint density at radius 1 is 1.38 bits per heavy atom. The maximum Gasteiger partial charge on any atom is 0.231 e. The summed E-state index contributed by atoms with van der Waals surface area (Å²) >= 11 is 1.55. The molecule has 7 heteroatoms. The number of carbonyl (C=O) groups excluding carboxylic acids is 1. The lowest BCUT2D eigenvalue weighted by Crippen LogP contribution is -2.45. The molecule has 2 atom stereocenters. The number of rotatable bonds is 4. The molecular weight excluding hydrogens is 350 g/mol. The van der Waals surface area contributed by atoms with E-state index in [0.717, 1.165) is 47.3 Å². The van der Waals surface area contributed by atoms with Crippen LogP contribution in [0, 0.1) is 11.8 Å². The molecule has 0 saturated carbocycles. The summed E-state index contributed by atoms with van der Waals surface area (Å²) in [6.45, 7) is 4.73. The molecule has 2 aliphatic heterocycles. The van der Waals surface area contributed by atoms with Gasteiger partial charge in [-0.2, -0.15) is 0 Å². The summed E-state index contributed by atoms with van der Waals surface area (Å²) in [5.41, 5.74) is 7.60. The molecular formula is C19H23N3O3S. The van der Waals surface area contributed by atoms with Crippen molar-refractivity contribution in [3.63, 3.8) is 0 Å². The maximum absolute atomic E-state index is 12.6. The topological polar surface area (TPSA) is 77.7 Å². The van der Waals surface area contributed by atoms with Crippen molar-refractivity contribution in [2.45, 2.75) is 19.8 Å². The molecule has 1 fully saturated rings. The first-order valence-corrected chi connectivity index (χ1v) is 9.84. The van der Waals surface area contributed by atoms with Crippen LogP contribution >= 0.6 is 11.3 Å². The number of hydrogen-bond acceptors (Lipinski definition) is 6. The Labute approximate surface area is 156 Å². The first-order valence-electron chi connectivity index (χ1n) is 8.96. The van der Waals surface area contributed by atoms with Crippen molar-refractivity contribution in [3.8, 4) is 22.1 Å². The summed E-state index contributed by atoms with van der Waals surface area (Å²) in [6.07, 6.45) is 1.34. The second kappa shape index (κ2) is 7.25. The van der Waals surface area contributed by atoms with Gasteiger partial charge in [-0.25, -0.2) is 4.98 Å². The highest BCUT2D eigenvalue weighted by Gasteiger charge is 2.28. The summed E-state index contributed by atoms with van der Waals surface area (Å²) in [6, 6.07) is 5.80. The van der Waals surface area contributed by atoms with Gasteiger partial charge in [-0.1, -0.05) is 6.92 Å². The van der Waals surface area contributed by atoms with Gasteiger partial charge >= 0.3 is 0 Å². The molecule has 0 bridgehead atoms. The molecule has 1 saturated heterocycles. The van der Waals surface area contributed by atoms with Gasteiger partial charge < -0.3 is 20.1 Å². The van der Waals surface area contributed by atoms with E-state index in [2.05, 4.69) is 11.9 Å². The number of benzene rings is 1. The monoisotopic (exact) mass is 373 g/mol. The number of aromatic nitrogens is 1. The minimum absolute atomic E-state index is 0.148. The zero-order valence-corrected chi connectivity index (χ0v) is 15.6. The predicted molar refractivity (Wildman–Crippen MR) is 100 cm³/mol. The number of fused-ring (bicyclic) bond motifs is 1. The number of piperidine rings is 1. The summed E-state index contributed by atoms with van der Waals surface area (Å²) in [5, 5.41) is 2.86. The Hall–Kier alpha value is -2.12. The van der Waals surface area contributed by atoms with Crippen LogP contribution in [0.15, 0.2) is 23.6 Å². The molecule has 2 N–H and O–H groups in total. The van der Waals surface area contributed by atoms with Gasteiger partial charge in [0.1, 0.15) is 5.01 Å². The van der Waals surface area contributed by atoms with Crippen molar-refractivity contribution in [2.75, 3.05) is 26.4 Å². The van der Waals surface area contributed by atoms with Crippen LogP contribution in [0.5, 0.6) is 11.5 Å². The van der Waals surface area contributed by atoms with E-state index in [-0.39, 0.29) is 12.7 Å². The third-order valence-electron chi connectivity index (χ3n) is 5.24. The highest BCUT2D eigenvalue weighted by Crippen LogP contribution is 2.36. The molecule has 1 aromatic heterocycles. The number of nitrogens with two attached hydrogens (primary N) is 1. The van der Waals surface area contributed by atoms with Gasteiger partial charge in [0, 0.05) is 24.0 Å². The highest BCUT2D eigenvalue weighted by atomic mass is 32.1. The fourth-order valence-electron chi connectivity index (χ4n) is 3.59. The van der Waals surface area contributed by atoms with E-state index in [1.807, 2.05) is 28.5 Å². The summed E-state index contributed by atoms with van der Waals surface area (Å²) in [7, 11) is 0. The van der Waals surface area contributed by atoms with Crippen LogP contribution in [0.25, 0.3) is 10.6 Å². The average Bonchev–Trinajstić information content (AvgIpc) is 3.30. The van der Waals surface area contributed by atoms with Crippen molar-refractivity contribution in [2.24, 2.45) is 17.6 Å². The third-order valence-corrected chi connectivity index (χ3v) is 6.18. The van der Waals surface area contributed by atoms with E-state index in [1.54, 1.807) is 11.3 Å². The second-order valence-corrected chi connectivity index (χ2v) is 7.85. The summed E-state index contributed by atoms with van der Waals surface area (Å²) < 4.78 is 10.8. The van der Waals surface area contributed by atoms with Crippen molar-refractivity contribution in [3.05, 3.63) is 29.3 Å². The molecule has 2 aromatic rings. The minimum atomic E-state index is 0.148. The number of nitrogens with zero attached hydrogens (tertiary/aromatic N) is 2. The molecule has 138 valence electrons. The summed E-state index contributed by atoms with van der Waals surface area (Å²) in [4.78, 5) is 19.2. The van der Waals surface area contributed by atoms with Crippen molar-refractivity contribution >= 4 is 17.2 Å². The average molecular weight is 373 g/mol. The van der Waals surface area contributed by atoms with E-state index in [1.165, 1.54) is 0 Å². The number of likely N-dealkylation sites (tertiary alicyclic amines) is 1. The van der Waals surface area contributed by atoms with E-state index in [9.17, 15) is 4.79 Å². The number of ether oxygens (including phenoxy) is 2. The van der Waals surface area contributed by atoms with Crippen LogP contribution < -0.4 is 15.2 Å². The molecule has 0 aliphatic carbocycles. The molecule has 0 radical (unpaired) electrons. The zero-order valence-electron chi connectivity index (χ0n) is 14.8. The van der Waals surface area contributed by atoms with Gasteiger partial charge in [-0.05, 0) is 43.0 Å². The SMILES string of the molecule is CC1CN(C(=O)Cc2csc(-c3ccc4c(c3)OCO4)n2)CCC1CN. The Bertz CT molecular complexity index is 807. The molecule has 2 aliphatic rings. The molecule has 2 unspecified atom stereocenters. The smallest absolute Gasteiger partial charge is 0.231 e. The lowest BCUT2D eigenvalue weighted by Gasteiger charge is -2.36. The largest absolute Gasteiger partial charge is 0.454 e. The van der Waals surface area contributed by atoms with Crippen LogP contribution in [-0.2, 0) is 11.2 Å². The minimum Gasteiger partial charge on any atom is -0.454 e. The highest BCUT2D eigenvalue weighted by molar-refractivity contribution is 7.13. The Kier molecular flexibility index (Phi) is 4.82. The molecule has 1 aromatic carbocycles. The number of amides is 1. The second-order valence-electron chi connectivity index (χ2n) is 6.99. The first-order chi connectivity index (χ1) is 12.6. The van der Waals surface area contributed by atoms with Crippen molar-refractivity contribution < 1.29 is 14.3 Å². The molecule has 26 heavy (non-hydrogen) atoms. The van der Waals surface area contributed by atoms with Crippen LogP contribution in [0.1, 0.15) is 19.0 Å². The van der Waals surface area contributed by atoms with Gasteiger partial charge in [0.25, 0.3) is 0 Å². The lowest BCUT2D eigenvalue weighted by atomic mass is 9.87. The normalized spacial score (nSPS) is 21.8. The number of carbonyl (C=O) groups is 1. The predicted octanol–water partition coefficient (Wildman–Crippen LogP) is 2.52. The summed E-state index contributed by atoms with van der Waals surface area (Å²) in [5.74, 6) is 2.63. The maximum atomic E-state index is 12.6. The first kappa shape index (κ1) is 17.3. The van der Waals surface area contributed by atoms with Gasteiger partial charge in [0.15, 0.2) is 11.5 Å². The van der Waals surface area contributed by atoms with E-state index in [0.29, 0.717) is 24.8 Å². The van der Waals surface area contributed by atoms with Crippen LogP contribution in [0.3, 0.4) is 0 Å². The van der Waals surface area contributed by atoms with Gasteiger partial charge in [-0.15, -0.1) is 11.3 Å². The van der Waals surface area contributed by atoms with Crippen LogP contribution in [0.4, 0.5) is 0 Å².